The second-order valence-electron chi connectivity index (χ2n) is 4.56. The van der Waals surface area contributed by atoms with E-state index in [9.17, 15) is 0 Å². The van der Waals surface area contributed by atoms with E-state index in [0.717, 1.165) is 22.5 Å². The minimum absolute atomic E-state index is 0.818. The second-order valence-corrected chi connectivity index (χ2v) is 5.42. The zero-order valence-corrected chi connectivity index (χ0v) is 13.0. The van der Waals surface area contributed by atoms with Gasteiger partial charge in [0.05, 0.1) is 11.6 Å². The van der Waals surface area contributed by atoms with Crippen LogP contribution in [0, 0.1) is 13.8 Å². The van der Waals surface area contributed by atoms with Gasteiger partial charge in [-0.2, -0.15) is 0 Å². The fourth-order valence-corrected chi connectivity index (χ4v) is 2.38. The van der Waals surface area contributed by atoms with Crippen LogP contribution in [0.3, 0.4) is 0 Å². The van der Waals surface area contributed by atoms with Crippen molar-refractivity contribution in [2.45, 2.75) is 20.4 Å². The normalized spacial score (nSPS) is 10.3. The van der Waals surface area contributed by atoms with Crippen LogP contribution in [0.5, 0.6) is 5.75 Å². The maximum Gasteiger partial charge on any atom is 0.135 e. The lowest BCUT2D eigenvalue weighted by molar-refractivity contribution is 0.412. The molecule has 19 heavy (non-hydrogen) atoms. The van der Waals surface area contributed by atoms with E-state index in [1.54, 1.807) is 7.11 Å². The summed E-state index contributed by atoms with van der Waals surface area (Å²) in [7, 11) is 1.68. The molecule has 0 unspecified atom stereocenters. The molecular weight excluding hydrogens is 302 g/mol. The maximum atomic E-state index is 5.29. The van der Waals surface area contributed by atoms with E-state index >= 15 is 0 Å². The summed E-state index contributed by atoms with van der Waals surface area (Å²) in [5.74, 6) is 0.839. The number of halogens is 1. The third kappa shape index (κ3) is 3.29. The summed E-state index contributed by atoms with van der Waals surface area (Å²) in [6, 6.07) is 12.4. The number of methoxy groups -OCH3 is 1. The van der Waals surface area contributed by atoms with Crippen molar-refractivity contribution in [3.8, 4) is 5.75 Å². The Morgan fingerprint density at radius 2 is 1.95 bits per heavy atom. The number of rotatable bonds is 4. The zero-order chi connectivity index (χ0) is 13.8. The molecule has 3 heteroatoms. The first kappa shape index (κ1) is 13.9. The Hall–Kier alpha value is -1.48. The first-order chi connectivity index (χ1) is 9.11. The number of hydrogen-bond donors (Lipinski definition) is 1. The first-order valence-corrected chi connectivity index (χ1v) is 7.03. The Morgan fingerprint density at radius 3 is 2.68 bits per heavy atom. The van der Waals surface area contributed by atoms with Gasteiger partial charge in [-0.15, -0.1) is 0 Å². The highest BCUT2D eigenvalue weighted by molar-refractivity contribution is 9.10. The van der Waals surface area contributed by atoms with Crippen LogP contribution in [0.4, 0.5) is 5.69 Å². The molecule has 0 aliphatic rings. The van der Waals surface area contributed by atoms with Crippen LogP contribution in [0.1, 0.15) is 16.7 Å². The molecule has 0 aromatic heterocycles. The lowest BCUT2D eigenvalue weighted by Gasteiger charge is -2.12. The minimum atomic E-state index is 0.818. The molecule has 0 amide bonds. The van der Waals surface area contributed by atoms with Crippen LogP contribution in [0.25, 0.3) is 0 Å². The smallest absolute Gasteiger partial charge is 0.135 e. The first-order valence-electron chi connectivity index (χ1n) is 6.24. The van der Waals surface area contributed by atoms with Gasteiger partial charge in [0.2, 0.25) is 0 Å². The molecule has 0 atom stereocenters. The molecule has 0 saturated carbocycles. The number of aryl methyl sites for hydroxylation is 1. The SMILES string of the molecule is COc1cc(NCc2cccc(C)c2C)ccc1Br. The summed E-state index contributed by atoms with van der Waals surface area (Å²) >= 11 is 3.45. The predicted octanol–water partition coefficient (Wildman–Crippen LogP) is 4.69. The minimum Gasteiger partial charge on any atom is -0.495 e. The van der Waals surface area contributed by atoms with Crippen molar-refractivity contribution in [2.24, 2.45) is 0 Å². The Bertz CT molecular complexity index is 581. The molecule has 0 spiro atoms. The molecule has 0 aliphatic heterocycles. The van der Waals surface area contributed by atoms with Gasteiger partial charge in [0.15, 0.2) is 0 Å². The molecule has 0 fully saturated rings. The molecule has 2 aromatic carbocycles. The van der Waals surface area contributed by atoms with E-state index in [1.807, 2.05) is 18.2 Å². The topological polar surface area (TPSA) is 21.3 Å². The van der Waals surface area contributed by atoms with Crippen LogP contribution in [0.15, 0.2) is 40.9 Å². The molecular formula is C16H18BrNO. The Labute approximate surface area is 122 Å². The van der Waals surface area contributed by atoms with Crippen molar-refractivity contribution in [3.05, 3.63) is 57.6 Å². The van der Waals surface area contributed by atoms with E-state index in [-0.39, 0.29) is 0 Å². The average molecular weight is 320 g/mol. The highest BCUT2D eigenvalue weighted by Crippen LogP contribution is 2.28. The van der Waals surface area contributed by atoms with Gasteiger partial charge in [-0.25, -0.2) is 0 Å². The van der Waals surface area contributed by atoms with Gasteiger partial charge >= 0.3 is 0 Å². The van der Waals surface area contributed by atoms with Gasteiger partial charge in [0.1, 0.15) is 5.75 Å². The molecule has 0 aliphatic carbocycles. The van der Waals surface area contributed by atoms with Crippen LogP contribution >= 0.6 is 15.9 Å². The molecule has 1 N–H and O–H groups in total. The number of anilines is 1. The fourth-order valence-electron chi connectivity index (χ4n) is 1.97. The fraction of sp³-hybridized carbons (Fsp3) is 0.250. The van der Waals surface area contributed by atoms with Crippen molar-refractivity contribution in [1.82, 2.24) is 0 Å². The van der Waals surface area contributed by atoms with Crippen molar-refractivity contribution in [3.63, 3.8) is 0 Å². The number of nitrogens with one attached hydrogen (secondary N) is 1. The quantitative estimate of drug-likeness (QED) is 0.883. The van der Waals surface area contributed by atoms with Crippen LogP contribution < -0.4 is 10.1 Å². The van der Waals surface area contributed by atoms with E-state index in [2.05, 4.69) is 53.3 Å². The number of hydrogen-bond acceptors (Lipinski definition) is 2. The summed E-state index contributed by atoms with van der Waals surface area (Å²) in [4.78, 5) is 0. The summed E-state index contributed by atoms with van der Waals surface area (Å²) in [6.07, 6.45) is 0. The second kappa shape index (κ2) is 6.11. The molecule has 0 heterocycles. The molecule has 0 saturated heterocycles. The van der Waals surface area contributed by atoms with Crippen molar-refractivity contribution in [2.75, 3.05) is 12.4 Å². The van der Waals surface area contributed by atoms with Crippen molar-refractivity contribution < 1.29 is 4.74 Å². The molecule has 2 rings (SSSR count). The summed E-state index contributed by atoms with van der Waals surface area (Å²) in [6.45, 7) is 5.12. The molecule has 100 valence electrons. The van der Waals surface area contributed by atoms with Crippen molar-refractivity contribution >= 4 is 21.6 Å². The van der Waals surface area contributed by atoms with E-state index in [1.165, 1.54) is 16.7 Å². The molecule has 0 bridgehead atoms. The molecule has 2 nitrogen and oxygen atoms in total. The summed E-state index contributed by atoms with van der Waals surface area (Å²) in [5.41, 5.74) is 5.05. The Morgan fingerprint density at radius 1 is 1.16 bits per heavy atom. The summed E-state index contributed by atoms with van der Waals surface area (Å²) in [5, 5.41) is 3.43. The lowest BCUT2D eigenvalue weighted by atomic mass is 10.0. The number of benzene rings is 2. The van der Waals surface area contributed by atoms with Crippen LogP contribution in [-0.4, -0.2) is 7.11 Å². The molecule has 0 radical (unpaired) electrons. The third-order valence-corrected chi connectivity index (χ3v) is 4.01. The van der Waals surface area contributed by atoms with E-state index < -0.39 is 0 Å². The van der Waals surface area contributed by atoms with Gasteiger partial charge in [-0.3, -0.25) is 0 Å². The van der Waals surface area contributed by atoms with Gasteiger partial charge in [-0.1, -0.05) is 18.2 Å². The monoisotopic (exact) mass is 319 g/mol. The van der Waals surface area contributed by atoms with Gasteiger partial charge in [0.25, 0.3) is 0 Å². The van der Waals surface area contributed by atoms with Crippen LogP contribution in [0.2, 0.25) is 0 Å². The summed E-state index contributed by atoms with van der Waals surface area (Å²) < 4.78 is 6.26. The highest BCUT2D eigenvalue weighted by Gasteiger charge is 2.03. The van der Waals surface area contributed by atoms with E-state index in [4.69, 9.17) is 4.74 Å². The van der Waals surface area contributed by atoms with Gasteiger partial charge in [0, 0.05) is 18.3 Å². The largest absolute Gasteiger partial charge is 0.495 e. The predicted molar refractivity (Wildman–Crippen MR) is 83.9 cm³/mol. The Kier molecular flexibility index (Phi) is 4.48. The van der Waals surface area contributed by atoms with Crippen LogP contribution in [-0.2, 0) is 6.54 Å². The molecule has 2 aromatic rings. The lowest BCUT2D eigenvalue weighted by Crippen LogP contribution is -2.02. The third-order valence-electron chi connectivity index (χ3n) is 3.35. The Balaban J connectivity index is 2.12. The average Bonchev–Trinajstić information content (AvgIpc) is 2.42. The number of ether oxygens (including phenoxy) is 1. The van der Waals surface area contributed by atoms with Gasteiger partial charge in [-0.05, 0) is 58.6 Å². The van der Waals surface area contributed by atoms with Gasteiger partial charge < -0.3 is 10.1 Å². The zero-order valence-electron chi connectivity index (χ0n) is 11.5. The van der Waals surface area contributed by atoms with E-state index in [0.29, 0.717) is 0 Å². The highest BCUT2D eigenvalue weighted by atomic mass is 79.9. The maximum absolute atomic E-state index is 5.29. The standard InChI is InChI=1S/C16H18BrNO/c1-11-5-4-6-13(12(11)2)10-18-14-7-8-15(17)16(9-14)19-3/h4-9,18H,10H2,1-3H3. The van der Waals surface area contributed by atoms with Crippen molar-refractivity contribution in [1.29, 1.82) is 0 Å².